The Morgan fingerprint density at radius 3 is 2.39 bits per heavy atom. The fourth-order valence-corrected chi connectivity index (χ4v) is 3.13. The molecule has 2 N–H and O–H groups in total. The number of carbonyl (C=O) groups is 2. The average molecular weight is 318 g/mol. The van der Waals surface area contributed by atoms with E-state index in [1.54, 1.807) is 7.11 Å². The summed E-state index contributed by atoms with van der Waals surface area (Å²) in [5, 5.41) is 5.52. The molecule has 126 valence electrons. The van der Waals surface area contributed by atoms with Gasteiger partial charge in [0.2, 0.25) is 0 Å². The maximum Gasteiger partial charge on any atom is 0.309 e. The molecule has 1 aliphatic rings. The van der Waals surface area contributed by atoms with Crippen molar-refractivity contribution in [1.82, 2.24) is 10.6 Å². The quantitative estimate of drug-likeness (QED) is 0.790. The molecule has 1 aliphatic carbocycles. The van der Waals surface area contributed by atoms with Crippen LogP contribution < -0.4 is 10.6 Å². The average Bonchev–Trinajstić information content (AvgIpc) is 3.10. The van der Waals surface area contributed by atoms with E-state index in [2.05, 4.69) is 10.6 Å². The molecule has 2 amide bonds. The van der Waals surface area contributed by atoms with Gasteiger partial charge in [0.15, 0.2) is 0 Å². The standard InChI is InChI=1S/C18H26N2O3/c1-3-18(23-2,14-9-5-4-6-10-14)13-19-16(21)17(22)20-15-11-7-8-12-15/h4-6,9-10,15H,3,7-8,11-13H2,1-2H3,(H,19,21)(H,20,22). The van der Waals surface area contributed by atoms with Gasteiger partial charge in [0.1, 0.15) is 5.60 Å². The lowest BCUT2D eigenvalue weighted by Gasteiger charge is -2.32. The summed E-state index contributed by atoms with van der Waals surface area (Å²) in [5.41, 5.74) is 0.367. The second kappa shape index (κ2) is 8.11. The summed E-state index contributed by atoms with van der Waals surface area (Å²) in [7, 11) is 1.63. The van der Waals surface area contributed by atoms with E-state index < -0.39 is 17.4 Å². The number of carbonyl (C=O) groups excluding carboxylic acids is 2. The van der Waals surface area contributed by atoms with Crippen molar-refractivity contribution >= 4 is 11.8 Å². The molecule has 0 spiro atoms. The Hall–Kier alpha value is -1.88. The monoisotopic (exact) mass is 318 g/mol. The van der Waals surface area contributed by atoms with Crippen LogP contribution in [0.25, 0.3) is 0 Å². The third kappa shape index (κ3) is 4.32. The predicted octanol–water partition coefficient (Wildman–Crippen LogP) is 2.11. The highest BCUT2D eigenvalue weighted by Gasteiger charge is 2.31. The maximum atomic E-state index is 12.1. The molecular weight excluding hydrogens is 292 g/mol. The number of ether oxygens (including phenoxy) is 1. The largest absolute Gasteiger partial charge is 0.372 e. The van der Waals surface area contributed by atoms with Crippen molar-refractivity contribution < 1.29 is 14.3 Å². The van der Waals surface area contributed by atoms with Crippen molar-refractivity contribution in [3.63, 3.8) is 0 Å². The van der Waals surface area contributed by atoms with Gasteiger partial charge in [-0.3, -0.25) is 9.59 Å². The molecule has 23 heavy (non-hydrogen) atoms. The van der Waals surface area contributed by atoms with Crippen molar-refractivity contribution in [1.29, 1.82) is 0 Å². The van der Waals surface area contributed by atoms with Gasteiger partial charge >= 0.3 is 11.8 Å². The first kappa shape index (κ1) is 17.5. The van der Waals surface area contributed by atoms with Crippen molar-refractivity contribution in [2.45, 2.75) is 50.7 Å². The molecule has 0 radical (unpaired) electrons. The first-order valence-electron chi connectivity index (χ1n) is 8.30. The number of hydrogen-bond donors (Lipinski definition) is 2. The molecule has 0 aromatic heterocycles. The number of rotatable bonds is 6. The van der Waals surface area contributed by atoms with Crippen LogP contribution in [0.2, 0.25) is 0 Å². The van der Waals surface area contributed by atoms with Crippen LogP contribution in [0, 0.1) is 0 Å². The Morgan fingerprint density at radius 1 is 1.17 bits per heavy atom. The highest BCUT2D eigenvalue weighted by molar-refractivity contribution is 6.35. The maximum absolute atomic E-state index is 12.1. The molecule has 1 aromatic carbocycles. The minimum atomic E-state index is -0.620. The van der Waals surface area contributed by atoms with Crippen LogP contribution in [0.4, 0.5) is 0 Å². The zero-order chi connectivity index (χ0) is 16.7. The van der Waals surface area contributed by atoms with Gasteiger partial charge < -0.3 is 15.4 Å². The van der Waals surface area contributed by atoms with Gasteiger partial charge in [0, 0.05) is 13.2 Å². The fraction of sp³-hybridized carbons (Fsp3) is 0.556. The molecule has 1 unspecified atom stereocenters. The zero-order valence-corrected chi connectivity index (χ0v) is 13.9. The van der Waals surface area contributed by atoms with Crippen LogP contribution in [0.15, 0.2) is 30.3 Å². The van der Waals surface area contributed by atoms with Crippen LogP contribution in [0.5, 0.6) is 0 Å². The molecule has 2 rings (SSSR count). The number of benzene rings is 1. The molecule has 0 bridgehead atoms. The third-order valence-corrected chi connectivity index (χ3v) is 4.69. The first-order valence-corrected chi connectivity index (χ1v) is 8.30. The van der Waals surface area contributed by atoms with Gasteiger partial charge in [-0.25, -0.2) is 0 Å². The Morgan fingerprint density at radius 2 is 1.83 bits per heavy atom. The predicted molar refractivity (Wildman–Crippen MR) is 88.8 cm³/mol. The minimum Gasteiger partial charge on any atom is -0.372 e. The highest BCUT2D eigenvalue weighted by atomic mass is 16.5. The SMILES string of the molecule is CCC(CNC(=O)C(=O)NC1CCCC1)(OC)c1ccccc1. The first-order chi connectivity index (χ1) is 11.1. The number of nitrogens with one attached hydrogen (secondary N) is 2. The van der Waals surface area contributed by atoms with Gasteiger partial charge in [-0.1, -0.05) is 50.1 Å². The molecule has 1 saturated carbocycles. The van der Waals surface area contributed by atoms with E-state index in [9.17, 15) is 9.59 Å². The smallest absolute Gasteiger partial charge is 0.309 e. The molecule has 0 aliphatic heterocycles. The highest BCUT2D eigenvalue weighted by Crippen LogP contribution is 2.28. The summed E-state index contributed by atoms with van der Waals surface area (Å²) in [6.45, 7) is 2.27. The number of amides is 2. The summed E-state index contributed by atoms with van der Waals surface area (Å²) in [5.74, 6) is -1.14. The normalized spacial score (nSPS) is 17.5. The zero-order valence-electron chi connectivity index (χ0n) is 13.9. The van der Waals surface area contributed by atoms with Crippen molar-refractivity contribution in [3.8, 4) is 0 Å². The molecule has 1 atom stereocenters. The summed E-state index contributed by atoms with van der Waals surface area (Å²) < 4.78 is 5.69. The minimum absolute atomic E-state index is 0.140. The van der Waals surface area contributed by atoms with E-state index in [-0.39, 0.29) is 12.6 Å². The Labute approximate surface area is 137 Å². The van der Waals surface area contributed by atoms with Crippen LogP contribution >= 0.6 is 0 Å². The van der Waals surface area contributed by atoms with E-state index in [0.717, 1.165) is 31.2 Å². The van der Waals surface area contributed by atoms with Gasteiger partial charge in [0.05, 0.1) is 6.54 Å². The lowest BCUT2D eigenvalue weighted by Crippen LogP contribution is -2.48. The Bertz CT molecular complexity index is 520. The lowest BCUT2D eigenvalue weighted by atomic mass is 9.90. The second-order valence-electron chi connectivity index (χ2n) is 6.06. The lowest BCUT2D eigenvalue weighted by molar-refractivity contribution is -0.140. The number of methoxy groups -OCH3 is 1. The summed E-state index contributed by atoms with van der Waals surface area (Å²) in [6, 6.07) is 9.89. The second-order valence-corrected chi connectivity index (χ2v) is 6.06. The third-order valence-electron chi connectivity index (χ3n) is 4.69. The van der Waals surface area contributed by atoms with Crippen LogP contribution in [0.3, 0.4) is 0 Å². The molecule has 0 heterocycles. The summed E-state index contributed by atoms with van der Waals surface area (Å²) in [4.78, 5) is 24.0. The summed E-state index contributed by atoms with van der Waals surface area (Å²) in [6.07, 6.45) is 4.84. The van der Waals surface area contributed by atoms with Gasteiger partial charge in [-0.2, -0.15) is 0 Å². The molecule has 5 heteroatoms. The van der Waals surface area contributed by atoms with E-state index in [4.69, 9.17) is 4.74 Å². The number of hydrogen-bond acceptors (Lipinski definition) is 3. The van der Waals surface area contributed by atoms with Crippen molar-refractivity contribution in [2.75, 3.05) is 13.7 Å². The molecular formula is C18H26N2O3. The van der Waals surface area contributed by atoms with Crippen LogP contribution in [0.1, 0.15) is 44.6 Å². The molecule has 1 aromatic rings. The molecule has 0 saturated heterocycles. The topological polar surface area (TPSA) is 67.4 Å². The van der Waals surface area contributed by atoms with E-state index in [1.165, 1.54) is 0 Å². The van der Waals surface area contributed by atoms with Crippen LogP contribution in [-0.2, 0) is 19.9 Å². The molecule has 1 fully saturated rings. The van der Waals surface area contributed by atoms with Crippen molar-refractivity contribution in [3.05, 3.63) is 35.9 Å². The van der Waals surface area contributed by atoms with E-state index in [1.807, 2.05) is 37.3 Å². The fourth-order valence-electron chi connectivity index (χ4n) is 3.13. The van der Waals surface area contributed by atoms with Gasteiger partial charge in [-0.05, 0) is 24.8 Å². The Balaban J connectivity index is 1.95. The van der Waals surface area contributed by atoms with E-state index >= 15 is 0 Å². The molecule has 5 nitrogen and oxygen atoms in total. The van der Waals surface area contributed by atoms with Crippen molar-refractivity contribution in [2.24, 2.45) is 0 Å². The van der Waals surface area contributed by atoms with E-state index in [0.29, 0.717) is 6.42 Å². The Kier molecular flexibility index (Phi) is 6.16. The summed E-state index contributed by atoms with van der Waals surface area (Å²) >= 11 is 0. The van der Waals surface area contributed by atoms with Gasteiger partial charge in [-0.15, -0.1) is 0 Å². The van der Waals surface area contributed by atoms with Gasteiger partial charge in [0.25, 0.3) is 0 Å². The van der Waals surface area contributed by atoms with Crippen LogP contribution in [-0.4, -0.2) is 31.5 Å².